The lowest BCUT2D eigenvalue weighted by atomic mass is 9.94. The van der Waals surface area contributed by atoms with Crippen LogP contribution in [0.1, 0.15) is 24.4 Å². The minimum atomic E-state index is 0.202. The number of hydrogen-bond donors (Lipinski definition) is 1. The van der Waals surface area contributed by atoms with Gasteiger partial charge in [0.15, 0.2) is 0 Å². The molecule has 0 radical (unpaired) electrons. The summed E-state index contributed by atoms with van der Waals surface area (Å²) in [4.78, 5) is 29.3. The minimum absolute atomic E-state index is 0.202. The number of benzene rings is 1. The van der Waals surface area contributed by atoms with E-state index < -0.39 is 0 Å². The molecule has 6 nitrogen and oxygen atoms in total. The van der Waals surface area contributed by atoms with E-state index in [1.54, 1.807) is 6.20 Å². The summed E-state index contributed by atoms with van der Waals surface area (Å²) in [5.41, 5.74) is 3.08. The molecule has 2 aromatic heterocycles. The lowest BCUT2D eigenvalue weighted by Crippen LogP contribution is -2.44. The van der Waals surface area contributed by atoms with E-state index >= 15 is 0 Å². The highest BCUT2D eigenvalue weighted by Crippen LogP contribution is 2.21. The lowest BCUT2D eigenvalue weighted by molar-refractivity contribution is -0.134. The highest BCUT2D eigenvalue weighted by molar-refractivity contribution is 5.78. The Balaban J connectivity index is 1.31. The molecule has 1 atom stereocenters. The van der Waals surface area contributed by atoms with Gasteiger partial charge < -0.3 is 9.88 Å². The molecule has 6 heteroatoms. The van der Waals surface area contributed by atoms with Gasteiger partial charge in [-0.15, -0.1) is 0 Å². The number of H-pyrrole nitrogens is 1. The summed E-state index contributed by atoms with van der Waals surface area (Å²) in [7, 11) is 1.97. The molecule has 1 aliphatic rings. The summed E-state index contributed by atoms with van der Waals surface area (Å²) in [5.74, 6) is 1.68. The van der Waals surface area contributed by atoms with E-state index in [0.29, 0.717) is 19.0 Å². The lowest BCUT2D eigenvalue weighted by Gasteiger charge is -2.33. The van der Waals surface area contributed by atoms with E-state index in [0.717, 1.165) is 54.9 Å². The highest BCUT2D eigenvalue weighted by atomic mass is 16.2. The summed E-state index contributed by atoms with van der Waals surface area (Å²) in [6, 6.07) is 14.0. The van der Waals surface area contributed by atoms with Crippen molar-refractivity contribution < 1.29 is 4.79 Å². The molecule has 1 N–H and O–H groups in total. The zero-order chi connectivity index (χ0) is 19.3. The average Bonchev–Trinajstić information content (AvgIpc) is 3.11. The van der Waals surface area contributed by atoms with Crippen LogP contribution in [0.4, 0.5) is 0 Å². The van der Waals surface area contributed by atoms with Crippen molar-refractivity contribution in [2.45, 2.75) is 25.8 Å². The Hall–Kier alpha value is -2.73. The van der Waals surface area contributed by atoms with Gasteiger partial charge in [-0.25, -0.2) is 4.98 Å². The Bertz CT molecular complexity index is 890. The first kappa shape index (κ1) is 18.6. The largest absolute Gasteiger partial charge is 0.342 e. The molecule has 3 aromatic rings. The van der Waals surface area contributed by atoms with Crippen molar-refractivity contribution in [3.8, 4) is 0 Å². The van der Waals surface area contributed by atoms with E-state index in [4.69, 9.17) is 4.98 Å². The van der Waals surface area contributed by atoms with Gasteiger partial charge in [0.1, 0.15) is 5.82 Å². The van der Waals surface area contributed by atoms with E-state index in [-0.39, 0.29) is 5.91 Å². The Morgan fingerprint density at radius 1 is 1.25 bits per heavy atom. The summed E-state index contributed by atoms with van der Waals surface area (Å²) in [5, 5.41) is 0. The molecule has 3 heterocycles. The molecular formula is C22H27N5O. The number of carbonyl (C=O) groups is 1. The van der Waals surface area contributed by atoms with Gasteiger partial charge in [-0.3, -0.25) is 14.7 Å². The van der Waals surface area contributed by atoms with Crippen molar-refractivity contribution >= 4 is 16.9 Å². The molecule has 0 saturated carbocycles. The van der Waals surface area contributed by atoms with E-state index in [2.05, 4.69) is 16.0 Å². The second-order valence-corrected chi connectivity index (χ2v) is 7.75. The predicted molar refractivity (Wildman–Crippen MR) is 110 cm³/mol. The third-order valence-corrected chi connectivity index (χ3v) is 5.36. The zero-order valence-electron chi connectivity index (χ0n) is 16.3. The molecule has 4 rings (SSSR count). The van der Waals surface area contributed by atoms with Crippen LogP contribution in [0.3, 0.4) is 0 Å². The van der Waals surface area contributed by atoms with Crippen molar-refractivity contribution in [3.05, 3.63) is 60.2 Å². The fourth-order valence-corrected chi connectivity index (χ4v) is 3.99. The number of likely N-dealkylation sites (N-methyl/N-ethyl adjacent to an activating group) is 1. The first-order valence-electron chi connectivity index (χ1n) is 9.97. The van der Waals surface area contributed by atoms with Gasteiger partial charge in [0.05, 0.1) is 23.3 Å². The number of amides is 1. The topological polar surface area (TPSA) is 65.1 Å². The third-order valence-electron chi connectivity index (χ3n) is 5.36. The van der Waals surface area contributed by atoms with Gasteiger partial charge in [0.2, 0.25) is 5.91 Å². The fourth-order valence-electron chi connectivity index (χ4n) is 3.99. The Morgan fingerprint density at radius 3 is 2.93 bits per heavy atom. The molecule has 1 aromatic carbocycles. The van der Waals surface area contributed by atoms with Gasteiger partial charge in [-0.1, -0.05) is 18.2 Å². The van der Waals surface area contributed by atoms with Crippen molar-refractivity contribution in [1.82, 2.24) is 24.8 Å². The maximum atomic E-state index is 12.8. The fraction of sp³-hybridized carbons (Fsp3) is 0.409. The van der Waals surface area contributed by atoms with Crippen LogP contribution < -0.4 is 0 Å². The van der Waals surface area contributed by atoms with Crippen molar-refractivity contribution in [1.29, 1.82) is 0 Å². The van der Waals surface area contributed by atoms with Crippen molar-refractivity contribution in [3.63, 3.8) is 0 Å². The smallest absolute Gasteiger partial charge is 0.236 e. The molecule has 0 aliphatic carbocycles. The van der Waals surface area contributed by atoms with Crippen LogP contribution in [0.5, 0.6) is 0 Å². The molecule has 1 aliphatic heterocycles. The summed E-state index contributed by atoms with van der Waals surface area (Å²) >= 11 is 0. The zero-order valence-corrected chi connectivity index (χ0v) is 16.3. The third kappa shape index (κ3) is 4.57. The number of imidazole rings is 1. The van der Waals surface area contributed by atoms with E-state index in [1.807, 2.05) is 53.2 Å². The quantitative estimate of drug-likeness (QED) is 0.717. The average molecular weight is 377 g/mol. The molecule has 1 unspecified atom stereocenters. The number of rotatable bonds is 6. The molecule has 0 spiro atoms. The maximum Gasteiger partial charge on any atom is 0.236 e. The second-order valence-electron chi connectivity index (χ2n) is 7.75. The number of likely N-dealkylation sites (tertiary alicyclic amines) is 1. The number of nitrogens with zero attached hydrogens (tertiary/aromatic N) is 4. The van der Waals surface area contributed by atoms with Gasteiger partial charge in [-0.05, 0) is 50.1 Å². The van der Waals surface area contributed by atoms with Crippen LogP contribution in [0.25, 0.3) is 11.0 Å². The Labute approximate surface area is 165 Å². The standard InChI is InChI=1S/C22H27N5O/c1-26(15-18-8-4-5-11-23-18)16-22(28)27-12-6-7-17(14-27)13-21-24-19-9-2-3-10-20(19)25-21/h2-5,8-11,17H,6-7,12-16H2,1H3,(H,24,25). The van der Waals surface area contributed by atoms with Crippen LogP contribution in [-0.4, -0.2) is 57.3 Å². The first-order valence-corrected chi connectivity index (χ1v) is 9.97. The van der Waals surface area contributed by atoms with E-state index in [9.17, 15) is 4.79 Å². The number of nitrogens with one attached hydrogen (secondary N) is 1. The number of pyridine rings is 1. The van der Waals surface area contributed by atoms with Crippen LogP contribution >= 0.6 is 0 Å². The number of para-hydroxylation sites is 2. The second kappa shape index (κ2) is 8.52. The summed E-state index contributed by atoms with van der Waals surface area (Å²) in [6.07, 6.45) is 4.88. The predicted octanol–water partition coefficient (Wildman–Crippen LogP) is 2.87. The summed E-state index contributed by atoms with van der Waals surface area (Å²) in [6.45, 7) is 2.77. The number of aromatic nitrogens is 3. The van der Waals surface area contributed by atoms with Gasteiger partial charge in [0, 0.05) is 32.3 Å². The van der Waals surface area contributed by atoms with Crippen molar-refractivity contribution in [2.75, 3.05) is 26.7 Å². The first-order chi connectivity index (χ1) is 13.7. The normalized spacial score (nSPS) is 17.4. The number of fused-ring (bicyclic) bond motifs is 1. The highest BCUT2D eigenvalue weighted by Gasteiger charge is 2.25. The van der Waals surface area contributed by atoms with Crippen LogP contribution in [0.15, 0.2) is 48.7 Å². The number of aromatic amines is 1. The molecule has 1 amide bonds. The number of hydrogen-bond acceptors (Lipinski definition) is 4. The van der Waals surface area contributed by atoms with E-state index in [1.165, 1.54) is 0 Å². The molecule has 1 saturated heterocycles. The molecule has 28 heavy (non-hydrogen) atoms. The van der Waals surface area contributed by atoms with Gasteiger partial charge >= 0.3 is 0 Å². The van der Waals surface area contributed by atoms with Gasteiger partial charge in [-0.2, -0.15) is 0 Å². The number of piperidine rings is 1. The SMILES string of the molecule is CN(CC(=O)N1CCCC(Cc2nc3ccccc3[nH]2)C1)Cc1ccccn1. The Kier molecular flexibility index (Phi) is 5.67. The van der Waals surface area contributed by atoms with Crippen LogP contribution in [0.2, 0.25) is 0 Å². The monoisotopic (exact) mass is 377 g/mol. The number of carbonyl (C=O) groups excluding carboxylic acids is 1. The van der Waals surface area contributed by atoms with Crippen LogP contribution in [-0.2, 0) is 17.8 Å². The molecule has 0 bridgehead atoms. The Morgan fingerprint density at radius 2 is 2.11 bits per heavy atom. The summed E-state index contributed by atoms with van der Waals surface area (Å²) < 4.78 is 0. The van der Waals surface area contributed by atoms with Gasteiger partial charge in [0.25, 0.3) is 0 Å². The molecule has 1 fully saturated rings. The van der Waals surface area contributed by atoms with Crippen LogP contribution in [0, 0.1) is 5.92 Å². The molecular weight excluding hydrogens is 350 g/mol. The maximum absolute atomic E-state index is 12.8. The van der Waals surface area contributed by atoms with Crippen molar-refractivity contribution in [2.24, 2.45) is 5.92 Å². The minimum Gasteiger partial charge on any atom is -0.342 e. The molecule has 146 valence electrons.